The van der Waals surface area contributed by atoms with Crippen LogP contribution in [-0.4, -0.2) is 61.7 Å². The topological polar surface area (TPSA) is 18.5 Å². The zero-order valence-corrected chi connectivity index (χ0v) is 12.2. The highest BCUT2D eigenvalue weighted by Gasteiger charge is 2.29. The number of hydrogen-bond donors (Lipinski definition) is 1. The molecule has 0 aliphatic carbocycles. The van der Waals surface area contributed by atoms with Crippen LogP contribution in [0.5, 0.6) is 0 Å². The normalized spacial score (nSPS) is 25.5. The van der Waals surface area contributed by atoms with Crippen LogP contribution in [-0.2, 0) is 0 Å². The Morgan fingerprint density at radius 3 is 2.83 bits per heavy atom. The van der Waals surface area contributed by atoms with Crippen LogP contribution in [0.25, 0.3) is 0 Å². The van der Waals surface area contributed by atoms with Gasteiger partial charge < -0.3 is 10.2 Å². The summed E-state index contributed by atoms with van der Waals surface area (Å²) in [6.07, 6.45) is 8.44. The van der Waals surface area contributed by atoms with Crippen LogP contribution < -0.4 is 5.32 Å². The molecule has 2 aliphatic rings. The van der Waals surface area contributed by atoms with Crippen LogP contribution >= 0.6 is 0 Å². The molecule has 0 bridgehead atoms. The van der Waals surface area contributed by atoms with Crippen molar-refractivity contribution in [1.82, 2.24) is 15.1 Å². The van der Waals surface area contributed by atoms with E-state index in [2.05, 4.69) is 22.0 Å². The Kier molecular flexibility index (Phi) is 6.46. The molecule has 2 aliphatic heterocycles. The summed E-state index contributed by atoms with van der Waals surface area (Å²) in [7, 11) is 0. The summed E-state index contributed by atoms with van der Waals surface area (Å²) >= 11 is 0. The van der Waals surface area contributed by atoms with Crippen molar-refractivity contribution < 1.29 is 0 Å². The van der Waals surface area contributed by atoms with Gasteiger partial charge >= 0.3 is 0 Å². The molecule has 3 heteroatoms. The summed E-state index contributed by atoms with van der Waals surface area (Å²) in [5.74, 6) is 0. The Labute approximate surface area is 113 Å². The summed E-state index contributed by atoms with van der Waals surface area (Å²) in [6.45, 7) is 11.2. The fourth-order valence-corrected chi connectivity index (χ4v) is 3.37. The van der Waals surface area contributed by atoms with Crippen LogP contribution in [0.15, 0.2) is 0 Å². The number of nitrogens with one attached hydrogen (secondary N) is 1. The van der Waals surface area contributed by atoms with Crippen LogP contribution in [0.2, 0.25) is 0 Å². The lowest BCUT2D eigenvalue weighted by Gasteiger charge is -2.37. The van der Waals surface area contributed by atoms with E-state index in [1.54, 1.807) is 0 Å². The Balaban J connectivity index is 1.47. The number of hydrogen-bond acceptors (Lipinski definition) is 3. The molecule has 18 heavy (non-hydrogen) atoms. The maximum atomic E-state index is 3.40. The highest BCUT2D eigenvalue weighted by Crippen LogP contribution is 2.21. The number of unbranched alkanes of at least 4 members (excludes halogenated alkanes) is 3. The van der Waals surface area contributed by atoms with E-state index in [1.165, 1.54) is 77.8 Å². The minimum atomic E-state index is 0.896. The largest absolute Gasteiger partial charge is 0.317 e. The summed E-state index contributed by atoms with van der Waals surface area (Å²) in [4.78, 5) is 5.41. The predicted molar refractivity (Wildman–Crippen MR) is 78.0 cm³/mol. The molecule has 1 atom stereocenters. The van der Waals surface area contributed by atoms with Crippen LogP contribution in [0.3, 0.4) is 0 Å². The fourth-order valence-electron chi connectivity index (χ4n) is 3.37. The second-order valence-corrected chi connectivity index (χ2v) is 5.90. The molecule has 1 N–H and O–H groups in total. The summed E-state index contributed by atoms with van der Waals surface area (Å²) < 4.78 is 0. The van der Waals surface area contributed by atoms with Crippen LogP contribution in [0.1, 0.15) is 45.4 Å². The Morgan fingerprint density at radius 1 is 1.06 bits per heavy atom. The maximum Gasteiger partial charge on any atom is 0.0224 e. The first kappa shape index (κ1) is 14.3. The van der Waals surface area contributed by atoms with Crippen molar-refractivity contribution in [1.29, 1.82) is 0 Å². The van der Waals surface area contributed by atoms with E-state index in [4.69, 9.17) is 0 Å². The van der Waals surface area contributed by atoms with Gasteiger partial charge in [0.25, 0.3) is 0 Å². The van der Waals surface area contributed by atoms with E-state index in [0.717, 1.165) is 12.6 Å². The fraction of sp³-hybridized carbons (Fsp3) is 1.00. The van der Waals surface area contributed by atoms with Gasteiger partial charge in [-0.3, -0.25) is 4.90 Å². The molecular formula is C15H31N3. The monoisotopic (exact) mass is 253 g/mol. The lowest BCUT2D eigenvalue weighted by atomic mass is 10.1. The van der Waals surface area contributed by atoms with Gasteiger partial charge in [0.1, 0.15) is 0 Å². The van der Waals surface area contributed by atoms with Crippen molar-refractivity contribution in [2.75, 3.05) is 45.8 Å². The van der Waals surface area contributed by atoms with Crippen LogP contribution in [0.4, 0.5) is 0 Å². The standard InChI is InChI=1S/C15H31N3/c1-2-16-9-5-3-4-6-10-17-12-13-18-11-7-8-15(18)14-17/h15-16H,2-14H2,1H3. The molecule has 1 unspecified atom stereocenters. The summed E-state index contributed by atoms with van der Waals surface area (Å²) in [5, 5.41) is 3.40. The molecule has 0 aromatic heterocycles. The van der Waals surface area contributed by atoms with Crippen molar-refractivity contribution in [3.8, 4) is 0 Å². The third kappa shape index (κ3) is 4.52. The van der Waals surface area contributed by atoms with Gasteiger partial charge in [0, 0.05) is 25.7 Å². The van der Waals surface area contributed by atoms with Crippen molar-refractivity contribution in [2.24, 2.45) is 0 Å². The van der Waals surface area contributed by atoms with Crippen molar-refractivity contribution in [2.45, 2.75) is 51.5 Å². The zero-order chi connectivity index (χ0) is 12.6. The molecule has 106 valence electrons. The second kappa shape index (κ2) is 8.13. The Morgan fingerprint density at radius 2 is 1.94 bits per heavy atom. The third-order valence-electron chi connectivity index (χ3n) is 4.50. The molecule has 2 fully saturated rings. The number of rotatable bonds is 8. The molecule has 0 radical (unpaired) electrons. The van der Waals surface area contributed by atoms with Gasteiger partial charge in [0.15, 0.2) is 0 Å². The molecule has 2 saturated heterocycles. The van der Waals surface area contributed by atoms with Gasteiger partial charge in [0.05, 0.1) is 0 Å². The molecule has 2 rings (SSSR count). The van der Waals surface area contributed by atoms with Gasteiger partial charge in [-0.25, -0.2) is 0 Å². The first-order valence-electron chi connectivity index (χ1n) is 8.07. The summed E-state index contributed by atoms with van der Waals surface area (Å²) in [5.41, 5.74) is 0. The van der Waals surface area contributed by atoms with Gasteiger partial charge in [0.2, 0.25) is 0 Å². The quantitative estimate of drug-likeness (QED) is 0.667. The summed E-state index contributed by atoms with van der Waals surface area (Å²) in [6, 6.07) is 0.896. The van der Waals surface area contributed by atoms with Crippen molar-refractivity contribution in [3.05, 3.63) is 0 Å². The molecule has 0 amide bonds. The maximum absolute atomic E-state index is 3.40. The zero-order valence-electron chi connectivity index (χ0n) is 12.2. The van der Waals surface area contributed by atoms with Gasteiger partial charge in [-0.05, 0) is 51.9 Å². The first-order chi connectivity index (χ1) is 8.90. The van der Waals surface area contributed by atoms with Crippen molar-refractivity contribution >= 4 is 0 Å². The minimum Gasteiger partial charge on any atom is -0.317 e. The van der Waals surface area contributed by atoms with E-state index in [-0.39, 0.29) is 0 Å². The van der Waals surface area contributed by atoms with E-state index in [1.807, 2.05) is 0 Å². The molecule has 0 aromatic rings. The molecule has 2 heterocycles. The van der Waals surface area contributed by atoms with E-state index < -0.39 is 0 Å². The van der Waals surface area contributed by atoms with E-state index in [9.17, 15) is 0 Å². The lowest BCUT2D eigenvalue weighted by molar-refractivity contribution is 0.103. The molecule has 0 saturated carbocycles. The van der Waals surface area contributed by atoms with Gasteiger partial charge in [-0.1, -0.05) is 19.8 Å². The molecule has 3 nitrogen and oxygen atoms in total. The number of piperazine rings is 1. The van der Waals surface area contributed by atoms with Gasteiger partial charge in [-0.2, -0.15) is 0 Å². The molecule has 0 aromatic carbocycles. The highest BCUT2D eigenvalue weighted by molar-refractivity contribution is 4.86. The Hall–Kier alpha value is -0.120. The first-order valence-corrected chi connectivity index (χ1v) is 8.07. The number of fused-ring (bicyclic) bond motifs is 1. The van der Waals surface area contributed by atoms with Crippen molar-refractivity contribution in [3.63, 3.8) is 0 Å². The van der Waals surface area contributed by atoms with E-state index in [0.29, 0.717) is 0 Å². The minimum absolute atomic E-state index is 0.896. The molecular weight excluding hydrogens is 222 g/mol. The average molecular weight is 253 g/mol. The van der Waals surface area contributed by atoms with E-state index >= 15 is 0 Å². The Bertz CT molecular complexity index is 220. The highest BCUT2D eigenvalue weighted by atomic mass is 15.3. The second-order valence-electron chi connectivity index (χ2n) is 5.90. The SMILES string of the molecule is CCNCCCCCCN1CCN2CCCC2C1. The predicted octanol–water partition coefficient (Wildman–Crippen LogP) is 1.94. The molecule has 0 spiro atoms. The van der Waals surface area contributed by atoms with Crippen LogP contribution in [0, 0.1) is 0 Å². The lowest BCUT2D eigenvalue weighted by Crippen LogP contribution is -2.50. The smallest absolute Gasteiger partial charge is 0.0224 e. The third-order valence-corrected chi connectivity index (χ3v) is 4.50. The number of nitrogens with zero attached hydrogens (tertiary/aromatic N) is 2. The van der Waals surface area contributed by atoms with Gasteiger partial charge in [-0.15, -0.1) is 0 Å². The average Bonchev–Trinajstić information content (AvgIpc) is 2.85.